The third kappa shape index (κ3) is 3.07. The largest absolute Gasteiger partial charge is 0.295 e. The average Bonchev–Trinajstić information content (AvgIpc) is 3.22. The Bertz CT molecular complexity index is 794. The Morgan fingerprint density at radius 3 is 2.62 bits per heavy atom. The van der Waals surface area contributed by atoms with E-state index in [1.807, 2.05) is 35.1 Å². The molecule has 5 nitrogen and oxygen atoms in total. The van der Waals surface area contributed by atoms with Gasteiger partial charge < -0.3 is 0 Å². The Kier molecular flexibility index (Phi) is 4.07. The minimum absolute atomic E-state index is 0.131. The standard InChI is InChI=1S/C16H15F2N5S/c17-15(18)16-19-7-14(24-16)12-3-1-11(2-4-12)8-22-9-13(10-22)23-6-5-20-21-23/h1-7,13,15H,8-10H2. The van der Waals surface area contributed by atoms with Crippen molar-refractivity contribution in [3.8, 4) is 10.4 Å². The van der Waals surface area contributed by atoms with Gasteiger partial charge >= 0.3 is 0 Å². The number of rotatable bonds is 5. The molecule has 3 aromatic rings. The highest BCUT2D eigenvalue weighted by atomic mass is 32.1. The fraction of sp³-hybridized carbons (Fsp3) is 0.312. The van der Waals surface area contributed by atoms with E-state index < -0.39 is 6.43 Å². The first-order valence-electron chi connectivity index (χ1n) is 7.60. The van der Waals surface area contributed by atoms with E-state index in [4.69, 9.17) is 0 Å². The van der Waals surface area contributed by atoms with Crippen LogP contribution in [0.1, 0.15) is 23.0 Å². The highest BCUT2D eigenvalue weighted by molar-refractivity contribution is 7.15. The first kappa shape index (κ1) is 15.3. The highest BCUT2D eigenvalue weighted by Crippen LogP contribution is 2.31. The van der Waals surface area contributed by atoms with Crippen molar-refractivity contribution in [3.05, 3.63) is 53.4 Å². The summed E-state index contributed by atoms with van der Waals surface area (Å²) < 4.78 is 27.1. The number of thiazole rings is 1. The topological polar surface area (TPSA) is 46.8 Å². The minimum Gasteiger partial charge on any atom is -0.295 e. The number of halogens is 2. The van der Waals surface area contributed by atoms with Crippen LogP contribution in [0.15, 0.2) is 42.9 Å². The molecule has 0 spiro atoms. The van der Waals surface area contributed by atoms with Crippen LogP contribution in [-0.4, -0.2) is 38.0 Å². The van der Waals surface area contributed by atoms with Crippen LogP contribution in [0, 0.1) is 0 Å². The van der Waals surface area contributed by atoms with E-state index in [0.29, 0.717) is 6.04 Å². The van der Waals surface area contributed by atoms with Gasteiger partial charge in [-0.3, -0.25) is 4.90 Å². The molecule has 0 atom stereocenters. The van der Waals surface area contributed by atoms with Crippen molar-refractivity contribution in [1.82, 2.24) is 24.9 Å². The quantitative estimate of drug-likeness (QED) is 0.710. The van der Waals surface area contributed by atoms with Gasteiger partial charge in [0, 0.05) is 32.0 Å². The lowest BCUT2D eigenvalue weighted by Crippen LogP contribution is -2.47. The molecule has 0 amide bonds. The summed E-state index contributed by atoms with van der Waals surface area (Å²) in [6.45, 7) is 2.78. The Hall–Kier alpha value is -2.19. The van der Waals surface area contributed by atoms with Gasteiger partial charge in [0.25, 0.3) is 6.43 Å². The molecule has 124 valence electrons. The molecule has 1 aromatic carbocycles. The number of hydrogen-bond acceptors (Lipinski definition) is 5. The van der Waals surface area contributed by atoms with Gasteiger partial charge in [-0.15, -0.1) is 16.4 Å². The number of likely N-dealkylation sites (tertiary alicyclic amines) is 1. The SMILES string of the molecule is FC(F)c1ncc(-c2ccc(CN3CC(n4ccnn4)C3)cc2)s1. The number of nitrogens with zero attached hydrogens (tertiary/aromatic N) is 5. The smallest absolute Gasteiger partial charge is 0.289 e. The van der Waals surface area contributed by atoms with Crippen LogP contribution in [0.4, 0.5) is 8.78 Å². The summed E-state index contributed by atoms with van der Waals surface area (Å²) in [5.74, 6) is 0. The lowest BCUT2D eigenvalue weighted by atomic mass is 10.1. The predicted octanol–water partition coefficient (Wildman–Crippen LogP) is 3.40. The number of hydrogen-bond donors (Lipinski definition) is 0. The minimum atomic E-state index is -2.51. The Labute approximate surface area is 141 Å². The third-order valence-electron chi connectivity index (χ3n) is 4.11. The van der Waals surface area contributed by atoms with Gasteiger partial charge in [0.1, 0.15) is 0 Å². The highest BCUT2D eigenvalue weighted by Gasteiger charge is 2.28. The number of aromatic nitrogens is 4. The van der Waals surface area contributed by atoms with Gasteiger partial charge in [0.15, 0.2) is 5.01 Å². The van der Waals surface area contributed by atoms with Crippen LogP contribution < -0.4 is 0 Å². The Morgan fingerprint density at radius 2 is 2.00 bits per heavy atom. The van der Waals surface area contributed by atoms with Crippen molar-refractivity contribution in [2.45, 2.75) is 19.0 Å². The van der Waals surface area contributed by atoms with Crippen LogP contribution in [-0.2, 0) is 6.54 Å². The van der Waals surface area contributed by atoms with E-state index in [1.165, 1.54) is 11.8 Å². The summed E-state index contributed by atoms with van der Waals surface area (Å²) >= 11 is 1.04. The summed E-state index contributed by atoms with van der Waals surface area (Å²) in [7, 11) is 0. The maximum atomic E-state index is 12.6. The van der Waals surface area contributed by atoms with E-state index in [-0.39, 0.29) is 5.01 Å². The molecule has 0 aliphatic carbocycles. The number of benzene rings is 1. The van der Waals surface area contributed by atoms with Gasteiger partial charge in [0.05, 0.1) is 17.1 Å². The van der Waals surface area contributed by atoms with Crippen molar-refractivity contribution in [3.63, 3.8) is 0 Å². The summed E-state index contributed by atoms with van der Waals surface area (Å²) in [6, 6.07) is 8.41. The molecule has 24 heavy (non-hydrogen) atoms. The lowest BCUT2D eigenvalue weighted by molar-refractivity contribution is 0.0896. The number of alkyl halides is 2. The van der Waals surface area contributed by atoms with Gasteiger partial charge in [-0.2, -0.15) is 0 Å². The molecule has 1 fully saturated rings. The molecule has 1 saturated heterocycles. The van der Waals surface area contributed by atoms with Crippen molar-refractivity contribution in [2.75, 3.05) is 13.1 Å². The molecule has 8 heteroatoms. The predicted molar refractivity (Wildman–Crippen MR) is 86.8 cm³/mol. The van der Waals surface area contributed by atoms with Crippen LogP contribution in [0.25, 0.3) is 10.4 Å². The maximum Gasteiger partial charge on any atom is 0.289 e. The summed E-state index contributed by atoms with van der Waals surface area (Å²) in [4.78, 5) is 6.87. The molecule has 0 radical (unpaired) electrons. The van der Waals surface area contributed by atoms with Gasteiger partial charge in [-0.25, -0.2) is 18.4 Å². The molecule has 2 aromatic heterocycles. The third-order valence-corrected chi connectivity index (χ3v) is 5.16. The van der Waals surface area contributed by atoms with Crippen LogP contribution in [0.3, 0.4) is 0 Å². The first-order chi connectivity index (χ1) is 11.7. The Balaban J connectivity index is 1.36. The first-order valence-corrected chi connectivity index (χ1v) is 8.42. The van der Waals surface area contributed by atoms with Crippen molar-refractivity contribution < 1.29 is 8.78 Å². The van der Waals surface area contributed by atoms with Crippen molar-refractivity contribution >= 4 is 11.3 Å². The fourth-order valence-electron chi connectivity index (χ4n) is 2.81. The zero-order valence-corrected chi connectivity index (χ0v) is 13.5. The normalized spacial score (nSPS) is 15.8. The zero-order valence-electron chi connectivity index (χ0n) is 12.7. The molecular formula is C16H15F2N5S. The van der Waals surface area contributed by atoms with Crippen molar-refractivity contribution in [1.29, 1.82) is 0 Å². The van der Waals surface area contributed by atoms with Crippen LogP contribution >= 0.6 is 11.3 Å². The molecule has 0 N–H and O–H groups in total. The molecular weight excluding hydrogens is 332 g/mol. The van der Waals surface area contributed by atoms with E-state index in [1.54, 1.807) is 6.20 Å². The van der Waals surface area contributed by atoms with E-state index in [9.17, 15) is 8.78 Å². The Morgan fingerprint density at radius 1 is 1.21 bits per heavy atom. The van der Waals surface area contributed by atoms with Gasteiger partial charge in [-0.05, 0) is 11.1 Å². The second-order valence-corrected chi connectivity index (χ2v) is 6.85. The molecule has 1 aliphatic heterocycles. The van der Waals surface area contributed by atoms with Gasteiger partial charge in [0.2, 0.25) is 0 Å². The average molecular weight is 347 g/mol. The zero-order chi connectivity index (χ0) is 16.5. The molecule has 1 aliphatic rings. The van der Waals surface area contributed by atoms with Gasteiger partial charge in [-0.1, -0.05) is 29.5 Å². The lowest BCUT2D eigenvalue weighted by Gasteiger charge is -2.38. The van der Waals surface area contributed by atoms with Crippen LogP contribution in [0.2, 0.25) is 0 Å². The van der Waals surface area contributed by atoms with E-state index in [0.717, 1.165) is 41.4 Å². The van der Waals surface area contributed by atoms with E-state index >= 15 is 0 Å². The molecule has 0 bridgehead atoms. The molecule has 0 unspecified atom stereocenters. The summed E-state index contributed by atoms with van der Waals surface area (Å²) in [5.41, 5.74) is 2.13. The molecule has 3 heterocycles. The summed E-state index contributed by atoms with van der Waals surface area (Å²) in [5, 5.41) is 7.72. The van der Waals surface area contributed by atoms with Crippen molar-refractivity contribution in [2.24, 2.45) is 0 Å². The monoisotopic (exact) mass is 347 g/mol. The second-order valence-electron chi connectivity index (χ2n) is 5.79. The van der Waals surface area contributed by atoms with E-state index in [2.05, 4.69) is 20.2 Å². The summed E-state index contributed by atoms with van der Waals surface area (Å²) in [6.07, 6.45) is 2.59. The molecule has 0 saturated carbocycles. The molecule has 4 rings (SSSR count). The van der Waals surface area contributed by atoms with Crippen LogP contribution in [0.5, 0.6) is 0 Å². The maximum absolute atomic E-state index is 12.6. The fourth-order valence-corrected chi connectivity index (χ4v) is 3.58. The second kappa shape index (κ2) is 6.37.